The first kappa shape index (κ1) is 14.1. The molecule has 0 aliphatic heterocycles. The summed E-state index contributed by atoms with van der Waals surface area (Å²) in [7, 11) is 1.49. The highest BCUT2D eigenvalue weighted by molar-refractivity contribution is 14.1. The van der Waals surface area contributed by atoms with Gasteiger partial charge in [0.15, 0.2) is 0 Å². The number of carbonyl (C=O) groups is 1. The number of methoxy groups -OCH3 is 1. The number of carbonyl (C=O) groups excluding carboxylic acids is 1. The molecule has 0 aromatic heterocycles. The molecule has 7 heteroatoms. The van der Waals surface area contributed by atoms with Crippen LogP contribution in [-0.2, 0) is 16.1 Å². The van der Waals surface area contributed by atoms with E-state index in [1.807, 2.05) is 22.6 Å². The van der Waals surface area contributed by atoms with E-state index < -0.39 is 18.8 Å². The van der Waals surface area contributed by atoms with E-state index in [2.05, 4.69) is 4.74 Å². The molecule has 0 aliphatic rings. The maximum atomic E-state index is 11.9. The lowest BCUT2D eigenvalue weighted by molar-refractivity contribution is -0.201. The van der Waals surface area contributed by atoms with Gasteiger partial charge in [0.05, 0.1) is 10.7 Å². The lowest BCUT2D eigenvalue weighted by Gasteiger charge is -2.08. The molecule has 0 spiro atoms. The van der Waals surface area contributed by atoms with Gasteiger partial charge in [-0.15, -0.1) is 0 Å². The summed E-state index contributed by atoms with van der Waals surface area (Å²) in [6, 6.07) is 4.71. The second-order valence-corrected chi connectivity index (χ2v) is 4.20. The summed E-state index contributed by atoms with van der Waals surface area (Å²) >= 11 is 1.97. The van der Waals surface area contributed by atoms with E-state index in [0.29, 0.717) is 11.3 Å². The van der Waals surface area contributed by atoms with Gasteiger partial charge >= 0.3 is 12.1 Å². The average molecular weight is 360 g/mol. The number of hydrogen-bond donors (Lipinski definition) is 0. The Hall–Kier alpha value is -0.990. The fraction of sp³-hybridized carbons (Fsp3) is 0.300. The third-order valence-corrected chi connectivity index (χ3v) is 2.66. The van der Waals surface area contributed by atoms with Crippen molar-refractivity contribution in [3.8, 4) is 5.75 Å². The van der Waals surface area contributed by atoms with Gasteiger partial charge in [-0.3, -0.25) is 0 Å². The van der Waals surface area contributed by atoms with E-state index in [9.17, 15) is 18.0 Å². The van der Waals surface area contributed by atoms with Crippen molar-refractivity contribution >= 4 is 28.6 Å². The van der Waals surface area contributed by atoms with Crippen molar-refractivity contribution in [1.82, 2.24) is 0 Å². The van der Waals surface area contributed by atoms with Crippen LogP contribution in [0.15, 0.2) is 18.2 Å². The average Bonchev–Trinajstić information content (AvgIpc) is 2.24. The molecule has 0 saturated heterocycles. The van der Waals surface area contributed by atoms with Gasteiger partial charge in [0, 0.05) is 0 Å². The lowest BCUT2D eigenvalue weighted by atomic mass is 10.2. The second-order valence-electron chi connectivity index (χ2n) is 3.04. The first-order chi connectivity index (χ1) is 7.84. The Labute approximate surface area is 109 Å². The van der Waals surface area contributed by atoms with E-state index >= 15 is 0 Å². The molecule has 0 fully saturated rings. The van der Waals surface area contributed by atoms with Crippen LogP contribution in [0.2, 0.25) is 0 Å². The van der Waals surface area contributed by atoms with Crippen LogP contribution in [0.4, 0.5) is 13.2 Å². The predicted molar refractivity (Wildman–Crippen MR) is 61.6 cm³/mol. The van der Waals surface area contributed by atoms with Crippen LogP contribution in [0.5, 0.6) is 5.75 Å². The molecule has 0 atom stereocenters. The second kappa shape index (κ2) is 5.56. The molecule has 0 aliphatic carbocycles. The zero-order chi connectivity index (χ0) is 13.1. The molecule has 0 bridgehead atoms. The molecular formula is C10H8F3IO3. The largest absolute Gasteiger partial charge is 0.496 e. The molecule has 1 rings (SSSR count). The molecule has 0 N–H and O–H groups in total. The number of esters is 1. The minimum absolute atomic E-state index is 0.418. The van der Waals surface area contributed by atoms with Crippen LogP contribution in [0.25, 0.3) is 0 Å². The first-order valence-electron chi connectivity index (χ1n) is 4.41. The van der Waals surface area contributed by atoms with Crippen molar-refractivity contribution in [2.75, 3.05) is 7.11 Å². The van der Waals surface area contributed by atoms with E-state index in [4.69, 9.17) is 4.74 Å². The fourth-order valence-electron chi connectivity index (χ4n) is 1.03. The molecule has 17 heavy (non-hydrogen) atoms. The summed E-state index contributed by atoms with van der Waals surface area (Å²) in [6.45, 7) is -0.418. The van der Waals surface area contributed by atoms with Gasteiger partial charge in [-0.2, -0.15) is 13.2 Å². The van der Waals surface area contributed by atoms with Crippen molar-refractivity contribution in [3.05, 3.63) is 27.3 Å². The minimum atomic E-state index is -4.96. The summed E-state index contributed by atoms with van der Waals surface area (Å²) in [4.78, 5) is 10.5. The third-order valence-electron chi connectivity index (χ3n) is 1.82. The summed E-state index contributed by atoms with van der Waals surface area (Å²) in [5, 5.41) is 0. The van der Waals surface area contributed by atoms with Crippen molar-refractivity contribution in [1.29, 1.82) is 0 Å². The SMILES string of the molecule is COc1ccc(COC(=O)C(F)(F)F)cc1I. The molecule has 0 amide bonds. The lowest BCUT2D eigenvalue weighted by Crippen LogP contribution is -2.25. The standard InChI is InChI=1S/C10H8F3IO3/c1-16-8-3-2-6(4-7(8)14)5-17-9(15)10(11,12)13/h2-4H,5H2,1H3. The highest BCUT2D eigenvalue weighted by atomic mass is 127. The summed E-state index contributed by atoms with van der Waals surface area (Å²) < 4.78 is 45.4. The minimum Gasteiger partial charge on any atom is -0.496 e. The highest BCUT2D eigenvalue weighted by Gasteiger charge is 2.40. The molecule has 0 radical (unpaired) electrons. The van der Waals surface area contributed by atoms with E-state index in [1.165, 1.54) is 13.2 Å². The van der Waals surface area contributed by atoms with Crippen LogP contribution in [0.1, 0.15) is 5.56 Å². The van der Waals surface area contributed by atoms with Crippen LogP contribution in [0, 0.1) is 3.57 Å². The van der Waals surface area contributed by atoms with Gasteiger partial charge in [-0.25, -0.2) is 4.79 Å². The zero-order valence-electron chi connectivity index (χ0n) is 8.68. The fourth-order valence-corrected chi connectivity index (χ4v) is 1.83. The van der Waals surface area contributed by atoms with Gasteiger partial charge in [-0.05, 0) is 40.3 Å². The Morgan fingerprint density at radius 2 is 2.06 bits per heavy atom. The van der Waals surface area contributed by atoms with Crippen molar-refractivity contribution in [2.24, 2.45) is 0 Å². The normalized spacial score (nSPS) is 11.1. The molecule has 1 aromatic carbocycles. The van der Waals surface area contributed by atoms with Crippen molar-refractivity contribution in [3.63, 3.8) is 0 Å². The molecule has 1 aromatic rings. The van der Waals surface area contributed by atoms with Gasteiger partial charge < -0.3 is 9.47 Å². The number of hydrogen-bond acceptors (Lipinski definition) is 3. The van der Waals surface area contributed by atoms with Gasteiger partial charge in [0.1, 0.15) is 12.4 Å². The Kier molecular flexibility index (Phi) is 4.61. The Bertz CT molecular complexity index is 418. The highest BCUT2D eigenvalue weighted by Crippen LogP contribution is 2.23. The first-order valence-corrected chi connectivity index (χ1v) is 5.49. The number of ether oxygens (including phenoxy) is 2. The van der Waals surface area contributed by atoms with Crippen LogP contribution >= 0.6 is 22.6 Å². The number of benzene rings is 1. The molecule has 94 valence electrons. The zero-order valence-corrected chi connectivity index (χ0v) is 10.8. The maximum absolute atomic E-state index is 11.9. The summed E-state index contributed by atoms with van der Waals surface area (Å²) in [5.41, 5.74) is 0.466. The van der Waals surface area contributed by atoms with Crippen molar-refractivity contribution in [2.45, 2.75) is 12.8 Å². The van der Waals surface area contributed by atoms with E-state index in [0.717, 1.165) is 3.57 Å². The molecule has 0 unspecified atom stereocenters. The predicted octanol–water partition coefficient (Wildman–Crippen LogP) is 2.91. The Balaban J connectivity index is 2.65. The van der Waals surface area contributed by atoms with Crippen LogP contribution < -0.4 is 4.74 Å². The molecule has 0 heterocycles. The topological polar surface area (TPSA) is 35.5 Å². The van der Waals surface area contributed by atoms with E-state index in [1.54, 1.807) is 12.1 Å². The smallest absolute Gasteiger partial charge is 0.490 e. The number of rotatable bonds is 3. The van der Waals surface area contributed by atoms with Gasteiger partial charge in [0.25, 0.3) is 0 Å². The summed E-state index contributed by atoms with van der Waals surface area (Å²) in [6.07, 6.45) is -4.96. The summed E-state index contributed by atoms with van der Waals surface area (Å²) in [5.74, 6) is -1.58. The monoisotopic (exact) mass is 360 g/mol. The number of alkyl halides is 3. The van der Waals surface area contributed by atoms with E-state index in [-0.39, 0.29) is 0 Å². The van der Waals surface area contributed by atoms with Gasteiger partial charge in [-0.1, -0.05) is 6.07 Å². The number of halogens is 4. The van der Waals surface area contributed by atoms with Gasteiger partial charge in [0.2, 0.25) is 0 Å². The Morgan fingerprint density at radius 3 is 2.53 bits per heavy atom. The molecule has 3 nitrogen and oxygen atoms in total. The Morgan fingerprint density at radius 1 is 1.41 bits per heavy atom. The quantitative estimate of drug-likeness (QED) is 0.614. The third kappa shape index (κ3) is 4.06. The molecule has 0 saturated carbocycles. The maximum Gasteiger partial charge on any atom is 0.490 e. The van der Waals surface area contributed by atoms with Crippen LogP contribution in [0.3, 0.4) is 0 Å². The van der Waals surface area contributed by atoms with Crippen molar-refractivity contribution < 1.29 is 27.4 Å². The molecular weight excluding hydrogens is 352 g/mol. The van der Waals surface area contributed by atoms with Crippen LogP contribution in [-0.4, -0.2) is 19.3 Å².